The Bertz CT molecular complexity index is 476. The molecule has 41 heavy (non-hydrogen) atoms. The molecular formula is C39H82N2. The van der Waals surface area contributed by atoms with Crippen LogP contribution in [0.3, 0.4) is 0 Å². The summed E-state index contributed by atoms with van der Waals surface area (Å²) >= 11 is 0. The number of hydrogen-bond acceptors (Lipinski definition) is 2. The minimum atomic E-state index is 0.929. The summed E-state index contributed by atoms with van der Waals surface area (Å²) in [4.78, 5) is 5.33. The number of rotatable bonds is 34. The maximum atomic E-state index is 3.00. The lowest BCUT2D eigenvalue weighted by Gasteiger charge is -2.31. The van der Waals surface area contributed by atoms with Gasteiger partial charge in [-0.3, -0.25) is 0 Å². The number of nitrogens with zero attached hydrogens (tertiary/aromatic N) is 2. The van der Waals surface area contributed by atoms with E-state index in [0.717, 1.165) is 11.8 Å². The van der Waals surface area contributed by atoms with E-state index in [2.05, 4.69) is 51.6 Å². The van der Waals surface area contributed by atoms with E-state index in [-0.39, 0.29) is 0 Å². The van der Waals surface area contributed by atoms with Gasteiger partial charge in [0.1, 0.15) is 0 Å². The lowest BCUT2D eigenvalue weighted by molar-refractivity contribution is 0.170. The highest BCUT2D eigenvalue weighted by atomic mass is 15.1. The van der Waals surface area contributed by atoms with E-state index >= 15 is 0 Å². The van der Waals surface area contributed by atoms with Crippen LogP contribution in [0.4, 0.5) is 0 Å². The van der Waals surface area contributed by atoms with Crippen molar-refractivity contribution < 1.29 is 0 Å². The Morgan fingerprint density at radius 2 is 0.659 bits per heavy atom. The summed E-state index contributed by atoms with van der Waals surface area (Å²) in [5.41, 5.74) is 0. The van der Waals surface area contributed by atoms with E-state index in [0.29, 0.717) is 0 Å². The summed E-state index contributed by atoms with van der Waals surface area (Å²) in [5, 5.41) is 0. The molecule has 0 saturated carbocycles. The monoisotopic (exact) mass is 579 g/mol. The zero-order valence-corrected chi connectivity index (χ0v) is 30.0. The third-order valence-electron chi connectivity index (χ3n) is 9.48. The van der Waals surface area contributed by atoms with Gasteiger partial charge in [0, 0.05) is 13.1 Å². The molecule has 0 bridgehead atoms. The smallest absolute Gasteiger partial charge is 0.000977 e. The lowest BCUT2D eigenvalue weighted by Crippen LogP contribution is -2.35. The molecule has 2 heteroatoms. The summed E-state index contributed by atoms with van der Waals surface area (Å²) in [6, 6.07) is 0. The first-order valence-electron chi connectivity index (χ1n) is 19.4. The molecule has 0 saturated heterocycles. The van der Waals surface area contributed by atoms with Gasteiger partial charge in [0.25, 0.3) is 0 Å². The molecule has 2 atom stereocenters. The first-order chi connectivity index (χ1) is 20.1. The van der Waals surface area contributed by atoms with Crippen LogP contribution in [0.25, 0.3) is 0 Å². The molecule has 0 aliphatic heterocycles. The molecule has 2 unspecified atom stereocenters. The summed E-state index contributed by atoms with van der Waals surface area (Å²) in [6.45, 7) is 14.8. The molecule has 0 aromatic heterocycles. The van der Waals surface area contributed by atoms with Crippen LogP contribution in [-0.4, -0.2) is 50.1 Å². The van der Waals surface area contributed by atoms with Crippen molar-refractivity contribution in [2.24, 2.45) is 11.8 Å². The molecule has 0 aromatic rings. The van der Waals surface area contributed by atoms with Gasteiger partial charge in [-0.25, -0.2) is 0 Å². The van der Waals surface area contributed by atoms with Crippen LogP contribution in [0.1, 0.15) is 201 Å². The van der Waals surface area contributed by atoms with E-state index < -0.39 is 0 Å². The summed E-state index contributed by atoms with van der Waals surface area (Å²) in [7, 11) is 4.40. The third-order valence-corrected chi connectivity index (χ3v) is 9.48. The molecule has 0 spiro atoms. The fourth-order valence-electron chi connectivity index (χ4n) is 6.71. The minimum Gasteiger partial charge on any atom is -0.309 e. The van der Waals surface area contributed by atoms with E-state index in [1.54, 1.807) is 0 Å². The van der Waals surface area contributed by atoms with Crippen LogP contribution in [0.2, 0.25) is 0 Å². The van der Waals surface area contributed by atoms with E-state index in [9.17, 15) is 0 Å². The van der Waals surface area contributed by atoms with Crippen molar-refractivity contribution in [1.29, 1.82) is 0 Å². The van der Waals surface area contributed by atoms with E-state index in [4.69, 9.17) is 0 Å². The molecule has 0 aromatic carbocycles. The predicted molar refractivity (Wildman–Crippen MR) is 189 cm³/mol. The van der Waals surface area contributed by atoms with Crippen molar-refractivity contribution in [1.82, 2.24) is 9.80 Å². The fraction of sp³-hybridized carbons (Fsp3) is 1.00. The van der Waals surface area contributed by atoms with Crippen molar-refractivity contribution in [3.05, 3.63) is 0 Å². The van der Waals surface area contributed by atoms with Gasteiger partial charge < -0.3 is 9.80 Å². The summed E-state index contributed by atoms with van der Waals surface area (Å²) in [5.74, 6) is 1.86. The molecule has 0 heterocycles. The van der Waals surface area contributed by atoms with Gasteiger partial charge in [-0.05, 0) is 77.5 Å². The number of unbranched alkanes of at least 4 members (excludes halogenated alkanes) is 18. The lowest BCUT2D eigenvalue weighted by atomic mass is 9.91. The molecule has 0 radical (unpaired) electrons. The Morgan fingerprint density at radius 1 is 0.341 bits per heavy atom. The first kappa shape index (κ1) is 40.9. The Balaban J connectivity index is 5.00. The predicted octanol–water partition coefficient (Wildman–Crippen LogP) is 12.7. The minimum absolute atomic E-state index is 0.929. The average Bonchev–Trinajstić information content (AvgIpc) is 2.96. The van der Waals surface area contributed by atoms with Gasteiger partial charge in [-0.1, -0.05) is 163 Å². The van der Waals surface area contributed by atoms with Gasteiger partial charge in [0.05, 0.1) is 0 Å². The van der Waals surface area contributed by atoms with E-state index in [1.807, 2.05) is 0 Å². The van der Waals surface area contributed by atoms with Crippen molar-refractivity contribution >= 4 is 0 Å². The van der Waals surface area contributed by atoms with E-state index in [1.165, 1.54) is 200 Å². The topological polar surface area (TPSA) is 6.48 Å². The van der Waals surface area contributed by atoms with Crippen molar-refractivity contribution in [3.8, 4) is 0 Å². The van der Waals surface area contributed by atoms with Crippen LogP contribution >= 0.6 is 0 Å². The van der Waals surface area contributed by atoms with Crippen LogP contribution in [0, 0.1) is 11.8 Å². The first-order valence-corrected chi connectivity index (χ1v) is 19.4. The zero-order chi connectivity index (χ0) is 30.2. The SMILES string of the molecule is CCCCCCCCC(CCCCCC)CN(CCCCCCCCCN(C)C)CC(CCCC)CCCCCC. The summed E-state index contributed by atoms with van der Waals surface area (Å²) in [6.07, 6.45) is 38.7. The molecule has 0 rings (SSSR count). The Labute approximate surface area is 262 Å². The molecule has 0 aliphatic carbocycles. The quantitative estimate of drug-likeness (QED) is 0.0700. The third kappa shape index (κ3) is 29.8. The largest absolute Gasteiger partial charge is 0.309 e. The molecule has 0 N–H and O–H groups in total. The normalized spacial score (nSPS) is 13.5. The van der Waals surface area contributed by atoms with Crippen LogP contribution in [0.15, 0.2) is 0 Å². The average molecular weight is 579 g/mol. The second-order valence-electron chi connectivity index (χ2n) is 14.2. The second-order valence-corrected chi connectivity index (χ2v) is 14.2. The number of hydrogen-bond donors (Lipinski definition) is 0. The molecule has 0 aliphatic rings. The Hall–Kier alpha value is -0.0800. The van der Waals surface area contributed by atoms with Gasteiger partial charge in [0.2, 0.25) is 0 Å². The highest BCUT2D eigenvalue weighted by molar-refractivity contribution is 4.72. The highest BCUT2D eigenvalue weighted by Gasteiger charge is 2.18. The second kappa shape index (κ2) is 32.8. The van der Waals surface area contributed by atoms with Crippen molar-refractivity contribution in [2.45, 2.75) is 201 Å². The molecular weight excluding hydrogens is 496 g/mol. The maximum absolute atomic E-state index is 3.00. The van der Waals surface area contributed by atoms with Gasteiger partial charge in [0.15, 0.2) is 0 Å². The highest BCUT2D eigenvalue weighted by Crippen LogP contribution is 2.24. The standard InChI is InChI=1S/C39H82N2/c1-7-11-15-18-22-27-33-39(32-26-17-13-9-3)37-41(35-29-24-21-19-20-23-28-34-40(5)6)36-38(30-14-10-4)31-25-16-12-8-2/h38-39H,7-37H2,1-6H3. The molecule has 0 fully saturated rings. The molecule has 2 nitrogen and oxygen atoms in total. The Morgan fingerprint density at radius 3 is 1.07 bits per heavy atom. The van der Waals surface area contributed by atoms with Gasteiger partial charge in [-0.15, -0.1) is 0 Å². The molecule has 248 valence electrons. The van der Waals surface area contributed by atoms with Crippen molar-refractivity contribution in [3.63, 3.8) is 0 Å². The van der Waals surface area contributed by atoms with Crippen LogP contribution in [0.5, 0.6) is 0 Å². The van der Waals surface area contributed by atoms with Crippen LogP contribution in [-0.2, 0) is 0 Å². The van der Waals surface area contributed by atoms with Crippen LogP contribution < -0.4 is 0 Å². The Kier molecular flexibility index (Phi) is 32.8. The maximum Gasteiger partial charge on any atom is 0.000977 e. The van der Waals surface area contributed by atoms with Gasteiger partial charge in [-0.2, -0.15) is 0 Å². The molecule has 0 amide bonds. The fourth-order valence-corrected chi connectivity index (χ4v) is 6.71. The summed E-state index contributed by atoms with van der Waals surface area (Å²) < 4.78 is 0. The van der Waals surface area contributed by atoms with Gasteiger partial charge >= 0.3 is 0 Å². The zero-order valence-electron chi connectivity index (χ0n) is 30.0. The van der Waals surface area contributed by atoms with Crippen molar-refractivity contribution in [2.75, 3.05) is 40.3 Å².